The summed E-state index contributed by atoms with van der Waals surface area (Å²) in [5.74, 6) is 0.459. The SMILES string of the molecule is Cl.O=C(c1ccc(Cl)c(F)c1)N1C[C@H]2CNC[C@H]2C1. The van der Waals surface area contributed by atoms with E-state index in [9.17, 15) is 9.18 Å². The van der Waals surface area contributed by atoms with Crippen LogP contribution in [-0.4, -0.2) is 37.0 Å². The number of nitrogens with one attached hydrogen (secondary N) is 1. The summed E-state index contributed by atoms with van der Waals surface area (Å²) in [6, 6.07) is 4.24. The highest BCUT2D eigenvalue weighted by molar-refractivity contribution is 6.30. The predicted molar refractivity (Wildman–Crippen MR) is 74.4 cm³/mol. The van der Waals surface area contributed by atoms with Gasteiger partial charge in [-0.15, -0.1) is 12.4 Å². The van der Waals surface area contributed by atoms with Gasteiger partial charge < -0.3 is 10.2 Å². The largest absolute Gasteiger partial charge is 0.338 e. The second kappa shape index (κ2) is 5.65. The Morgan fingerprint density at radius 1 is 1.32 bits per heavy atom. The zero-order valence-electron chi connectivity index (χ0n) is 10.2. The fourth-order valence-electron chi connectivity index (χ4n) is 2.83. The first kappa shape index (κ1) is 14.6. The molecule has 1 aromatic rings. The van der Waals surface area contributed by atoms with E-state index in [1.54, 1.807) is 6.07 Å². The van der Waals surface area contributed by atoms with Gasteiger partial charge in [-0.05, 0) is 30.0 Å². The highest BCUT2D eigenvalue weighted by Gasteiger charge is 2.38. The van der Waals surface area contributed by atoms with Crippen molar-refractivity contribution in [1.82, 2.24) is 10.2 Å². The van der Waals surface area contributed by atoms with Crippen molar-refractivity contribution in [1.29, 1.82) is 0 Å². The standard InChI is InChI=1S/C13H14ClFN2O.ClH/c14-11-2-1-8(3-12(11)15)13(18)17-6-9-4-16-5-10(9)7-17;/h1-3,9-10,16H,4-7H2;1H/t9-,10+;. The van der Waals surface area contributed by atoms with Gasteiger partial charge in [0.1, 0.15) is 5.82 Å². The van der Waals surface area contributed by atoms with Crippen LogP contribution in [0, 0.1) is 17.7 Å². The molecule has 2 aliphatic heterocycles. The lowest BCUT2D eigenvalue weighted by atomic mass is 10.0. The summed E-state index contributed by atoms with van der Waals surface area (Å²) in [6.07, 6.45) is 0. The number of likely N-dealkylation sites (tertiary alicyclic amines) is 1. The number of nitrogens with zero attached hydrogens (tertiary/aromatic N) is 1. The van der Waals surface area contributed by atoms with Crippen LogP contribution in [0.15, 0.2) is 18.2 Å². The van der Waals surface area contributed by atoms with Crippen molar-refractivity contribution in [2.24, 2.45) is 11.8 Å². The van der Waals surface area contributed by atoms with Crippen LogP contribution in [-0.2, 0) is 0 Å². The Labute approximate surface area is 122 Å². The third-order valence-electron chi connectivity index (χ3n) is 3.84. The minimum absolute atomic E-state index is 0. The average molecular weight is 305 g/mol. The van der Waals surface area contributed by atoms with E-state index in [0.29, 0.717) is 17.4 Å². The van der Waals surface area contributed by atoms with Crippen molar-refractivity contribution in [2.45, 2.75) is 0 Å². The zero-order valence-corrected chi connectivity index (χ0v) is 11.8. The van der Waals surface area contributed by atoms with Crippen molar-refractivity contribution >= 4 is 29.9 Å². The minimum atomic E-state index is -0.538. The topological polar surface area (TPSA) is 32.3 Å². The Balaban J connectivity index is 0.00000133. The molecule has 0 aromatic heterocycles. The smallest absolute Gasteiger partial charge is 0.253 e. The lowest BCUT2D eigenvalue weighted by molar-refractivity contribution is 0.0781. The molecule has 2 saturated heterocycles. The molecule has 19 heavy (non-hydrogen) atoms. The first-order chi connectivity index (χ1) is 8.65. The van der Waals surface area contributed by atoms with Crippen LogP contribution in [0.3, 0.4) is 0 Å². The molecule has 0 unspecified atom stereocenters. The molecule has 2 heterocycles. The number of carbonyl (C=O) groups is 1. The third-order valence-corrected chi connectivity index (χ3v) is 4.15. The quantitative estimate of drug-likeness (QED) is 0.862. The highest BCUT2D eigenvalue weighted by Crippen LogP contribution is 2.27. The van der Waals surface area contributed by atoms with E-state index in [1.165, 1.54) is 12.1 Å². The molecule has 0 aliphatic carbocycles. The molecule has 2 atom stereocenters. The molecule has 0 radical (unpaired) electrons. The van der Waals surface area contributed by atoms with Crippen LogP contribution in [0.2, 0.25) is 5.02 Å². The van der Waals surface area contributed by atoms with Crippen molar-refractivity contribution < 1.29 is 9.18 Å². The fraction of sp³-hybridized carbons (Fsp3) is 0.462. The van der Waals surface area contributed by atoms with E-state index in [0.717, 1.165) is 26.2 Å². The Morgan fingerprint density at radius 3 is 2.53 bits per heavy atom. The van der Waals surface area contributed by atoms with E-state index < -0.39 is 5.82 Å². The number of amides is 1. The first-order valence-electron chi connectivity index (χ1n) is 6.10. The first-order valence-corrected chi connectivity index (χ1v) is 6.48. The number of carbonyl (C=O) groups excluding carboxylic acids is 1. The van der Waals surface area contributed by atoms with Crippen LogP contribution in [0.5, 0.6) is 0 Å². The summed E-state index contributed by atoms with van der Waals surface area (Å²) in [5, 5.41) is 3.37. The van der Waals surface area contributed by atoms with Crippen molar-refractivity contribution in [3.63, 3.8) is 0 Å². The van der Waals surface area contributed by atoms with Crippen LogP contribution in [0.25, 0.3) is 0 Å². The third kappa shape index (κ3) is 2.71. The molecule has 6 heteroatoms. The van der Waals surface area contributed by atoms with Crippen LogP contribution >= 0.6 is 24.0 Å². The van der Waals surface area contributed by atoms with Gasteiger partial charge in [0, 0.05) is 31.7 Å². The number of hydrogen-bond donors (Lipinski definition) is 1. The van der Waals surface area contributed by atoms with Crippen molar-refractivity contribution in [3.05, 3.63) is 34.6 Å². The van der Waals surface area contributed by atoms with E-state index in [2.05, 4.69) is 5.32 Å². The molecular weight excluding hydrogens is 290 g/mol. The molecule has 0 spiro atoms. The van der Waals surface area contributed by atoms with Gasteiger partial charge in [0.15, 0.2) is 0 Å². The Morgan fingerprint density at radius 2 is 1.95 bits per heavy atom. The molecule has 3 nitrogen and oxygen atoms in total. The zero-order chi connectivity index (χ0) is 12.7. The molecule has 104 valence electrons. The number of fused-ring (bicyclic) bond motifs is 1. The van der Waals surface area contributed by atoms with Gasteiger partial charge in [-0.2, -0.15) is 0 Å². The molecular formula is C13H15Cl2FN2O. The number of halogens is 3. The van der Waals surface area contributed by atoms with Gasteiger partial charge in [0.2, 0.25) is 0 Å². The van der Waals surface area contributed by atoms with E-state index >= 15 is 0 Å². The summed E-state index contributed by atoms with van der Waals surface area (Å²) in [6.45, 7) is 3.48. The van der Waals surface area contributed by atoms with Gasteiger partial charge in [-0.1, -0.05) is 11.6 Å². The average Bonchev–Trinajstić information content (AvgIpc) is 2.92. The van der Waals surface area contributed by atoms with E-state index in [4.69, 9.17) is 11.6 Å². The Hall–Kier alpha value is -0.840. The molecule has 3 rings (SSSR count). The van der Waals surface area contributed by atoms with Gasteiger partial charge in [-0.25, -0.2) is 4.39 Å². The Kier molecular flexibility index (Phi) is 4.33. The summed E-state index contributed by atoms with van der Waals surface area (Å²) in [7, 11) is 0. The van der Waals surface area contributed by atoms with Crippen LogP contribution in [0.1, 0.15) is 10.4 Å². The maximum absolute atomic E-state index is 13.3. The number of rotatable bonds is 1. The minimum Gasteiger partial charge on any atom is -0.338 e. The fourth-order valence-corrected chi connectivity index (χ4v) is 2.95. The second-order valence-corrected chi connectivity index (χ2v) is 5.42. The van der Waals surface area contributed by atoms with Crippen LogP contribution in [0.4, 0.5) is 4.39 Å². The van der Waals surface area contributed by atoms with Crippen molar-refractivity contribution in [2.75, 3.05) is 26.2 Å². The molecule has 2 fully saturated rings. The van der Waals surface area contributed by atoms with Crippen molar-refractivity contribution in [3.8, 4) is 0 Å². The molecule has 1 N–H and O–H groups in total. The van der Waals surface area contributed by atoms with Crippen LogP contribution < -0.4 is 5.32 Å². The maximum Gasteiger partial charge on any atom is 0.253 e. The maximum atomic E-state index is 13.3. The molecule has 1 amide bonds. The lowest BCUT2D eigenvalue weighted by Crippen LogP contribution is -2.31. The highest BCUT2D eigenvalue weighted by atomic mass is 35.5. The monoisotopic (exact) mass is 304 g/mol. The molecule has 2 aliphatic rings. The predicted octanol–water partition coefficient (Wildman–Crippen LogP) is 2.19. The lowest BCUT2D eigenvalue weighted by Gasteiger charge is -2.17. The summed E-state index contributed by atoms with van der Waals surface area (Å²) in [4.78, 5) is 14.1. The molecule has 0 saturated carbocycles. The van der Waals surface area contributed by atoms with Gasteiger partial charge in [-0.3, -0.25) is 4.79 Å². The summed E-state index contributed by atoms with van der Waals surface area (Å²) in [5.41, 5.74) is 0.379. The van der Waals surface area contributed by atoms with E-state index in [-0.39, 0.29) is 23.3 Å². The molecule has 0 bridgehead atoms. The number of benzene rings is 1. The number of hydrogen-bond acceptors (Lipinski definition) is 2. The molecule has 1 aromatic carbocycles. The van der Waals surface area contributed by atoms with Gasteiger partial charge >= 0.3 is 0 Å². The normalized spacial score (nSPS) is 25.1. The summed E-state index contributed by atoms with van der Waals surface area (Å²) < 4.78 is 13.3. The van der Waals surface area contributed by atoms with Gasteiger partial charge in [0.05, 0.1) is 5.02 Å². The van der Waals surface area contributed by atoms with E-state index in [1.807, 2.05) is 4.90 Å². The van der Waals surface area contributed by atoms with Gasteiger partial charge in [0.25, 0.3) is 5.91 Å². The Bertz CT molecular complexity index is 486. The summed E-state index contributed by atoms with van der Waals surface area (Å²) >= 11 is 5.61. The second-order valence-electron chi connectivity index (χ2n) is 5.02.